The van der Waals surface area contributed by atoms with Gasteiger partial charge in [-0.1, -0.05) is 118 Å². The minimum absolute atomic E-state index is 0.00838. The predicted octanol–water partition coefficient (Wildman–Crippen LogP) is 9.50. The highest BCUT2D eigenvalue weighted by Crippen LogP contribution is 2.49. The summed E-state index contributed by atoms with van der Waals surface area (Å²) < 4.78 is 0. The lowest BCUT2D eigenvalue weighted by molar-refractivity contribution is 0.332. The quantitative estimate of drug-likeness (QED) is 0.176. The van der Waals surface area contributed by atoms with Crippen molar-refractivity contribution in [3.05, 3.63) is 114 Å². The third-order valence-corrected chi connectivity index (χ3v) is 11.6. The highest BCUT2D eigenvalue weighted by atomic mass is 15.3. The monoisotopic (exact) mass is 644 g/mol. The first-order valence-corrected chi connectivity index (χ1v) is 18.0. The molecule has 0 spiro atoms. The van der Waals surface area contributed by atoms with Crippen LogP contribution in [0.25, 0.3) is 0 Å². The molecule has 0 bridgehead atoms. The number of aromatic nitrogens is 2. The topological polar surface area (TPSA) is 32.3 Å². The van der Waals surface area contributed by atoms with Crippen LogP contribution in [0.15, 0.2) is 91.3 Å². The number of anilines is 6. The van der Waals surface area contributed by atoms with Gasteiger partial charge in [-0.25, -0.2) is 9.97 Å². The fourth-order valence-corrected chi connectivity index (χ4v) is 8.44. The Kier molecular flexibility index (Phi) is 6.87. The number of benzene rings is 4. The summed E-state index contributed by atoms with van der Waals surface area (Å²) in [6.07, 6.45) is 4.14. The fourth-order valence-electron chi connectivity index (χ4n) is 8.44. The van der Waals surface area contributed by atoms with Crippen molar-refractivity contribution in [2.24, 2.45) is 0 Å². The fraction of sp³-hybridized carbons (Fsp3) is 0.364. The second-order valence-electron chi connectivity index (χ2n) is 17.9. The van der Waals surface area contributed by atoms with Crippen molar-refractivity contribution in [1.82, 2.24) is 9.97 Å². The van der Waals surface area contributed by atoms with Crippen molar-refractivity contribution in [3.8, 4) is 0 Å². The van der Waals surface area contributed by atoms with E-state index in [0.717, 1.165) is 28.5 Å². The van der Waals surface area contributed by atoms with E-state index in [0.29, 0.717) is 0 Å². The summed E-state index contributed by atoms with van der Waals surface area (Å²) in [6.45, 7) is 23.3. The zero-order chi connectivity index (χ0) is 34.7. The summed E-state index contributed by atoms with van der Waals surface area (Å²) in [5, 5.41) is 0. The van der Waals surface area contributed by atoms with Gasteiger partial charge in [0.1, 0.15) is 18.0 Å². The summed E-state index contributed by atoms with van der Waals surface area (Å²) >= 11 is 0. The second kappa shape index (κ2) is 10.6. The van der Waals surface area contributed by atoms with Gasteiger partial charge in [0.05, 0.1) is 0 Å². The molecule has 2 aliphatic heterocycles. The highest BCUT2D eigenvalue weighted by molar-refractivity contribution is 7.00. The van der Waals surface area contributed by atoms with Gasteiger partial charge in [0.2, 0.25) is 0 Å². The Morgan fingerprint density at radius 2 is 1.12 bits per heavy atom. The average molecular weight is 645 g/mol. The van der Waals surface area contributed by atoms with Crippen molar-refractivity contribution in [2.75, 3.05) is 9.80 Å². The SMILES string of the molecule is CC(C)(C)c1ccc(N2c3ccc(C(C)(C)C)cc3B3c4ccccc4N(c4ccc5c(c4)C(C)(C)CCC5(C)C)c4ncnc2c43)cc1. The zero-order valence-corrected chi connectivity index (χ0v) is 30.9. The number of hydrogen-bond donors (Lipinski definition) is 0. The number of fused-ring (bicyclic) bond motifs is 5. The third-order valence-electron chi connectivity index (χ3n) is 11.6. The Balaban J connectivity index is 1.40. The molecule has 4 nitrogen and oxygen atoms in total. The van der Waals surface area contributed by atoms with Gasteiger partial charge in [-0.2, -0.15) is 0 Å². The molecule has 0 unspecified atom stereocenters. The maximum Gasteiger partial charge on any atom is 0.256 e. The molecule has 5 heteroatoms. The van der Waals surface area contributed by atoms with Crippen LogP contribution in [0.3, 0.4) is 0 Å². The molecule has 0 N–H and O–H groups in total. The van der Waals surface area contributed by atoms with E-state index in [1.807, 2.05) is 0 Å². The first-order valence-electron chi connectivity index (χ1n) is 18.0. The van der Waals surface area contributed by atoms with Crippen molar-refractivity contribution < 1.29 is 0 Å². The maximum atomic E-state index is 5.15. The highest BCUT2D eigenvalue weighted by Gasteiger charge is 2.46. The summed E-state index contributed by atoms with van der Waals surface area (Å²) in [4.78, 5) is 15.0. The molecule has 0 saturated carbocycles. The van der Waals surface area contributed by atoms with E-state index in [9.17, 15) is 0 Å². The molecule has 3 aliphatic rings. The predicted molar refractivity (Wildman–Crippen MR) is 209 cm³/mol. The molecular weight excluding hydrogens is 595 g/mol. The smallest absolute Gasteiger partial charge is 0.256 e. The molecule has 5 aromatic rings. The van der Waals surface area contributed by atoms with Crippen LogP contribution in [-0.4, -0.2) is 16.7 Å². The van der Waals surface area contributed by atoms with Crippen LogP contribution in [0.4, 0.5) is 34.4 Å². The van der Waals surface area contributed by atoms with Gasteiger partial charge in [-0.3, -0.25) is 9.80 Å². The second-order valence-corrected chi connectivity index (χ2v) is 17.9. The molecule has 1 aromatic heterocycles. The molecule has 0 radical (unpaired) electrons. The Labute approximate surface area is 293 Å². The molecule has 4 aromatic carbocycles. The van der Waals surface area contributed by atoms with E-state index < -0.39 is 0 Å². The zero-order valence-electron chi connectivity index (χ0n) is 30.9. The van der Waals surface area contributed by atoms with Gasteiger partial charge in [0.15, 0.2) is 0 Å². The Morgan fingerprint density at radius 3 is 1.78 bits per heavy atom. The molecular formula is C44H49BN4. The van der Waals surface area contributed by atoms with Crippen LogP contribution in [0.1, 0.15) is 104 Å². The largest absolute Gasteiger partial charge is 0.296 e. The Hall–Kier alpha value is -4.38. The van der Waals surface area contributed by atoms with E-state index in [2.05, 4.69) is 164 Å². The van der Waals surface area contributed by atoms with Gasteiger partial charge in [0.25, 0.3) is 6.71 Å². The molecule has 8 rings (SSSR count). The summed E-state index contributed by atoms with van der Waals surface area (Å²) in [7, 11) is 0. The van der Waals surface area contributed by atoms with Gasteiger partial charge in [0, 0.05) is 28.2 Å². The van der Waals surface area contributed by atoms with E-state index in [-0.39, 0.29) is 28.4 Å². The number of para-hydroxylation sites is 1. The molecule has 0 atom stereocenters. The van der Waals surface area contributed by atoms with Gasteiger partial charge < -0.3 is 0 Å². The Bertz CT molecular complexity index is 2110. The summed E-state index contributed by atoms with van der Waals surface area (Å²) in [6, 6.07) is 32.3. The lowest BCUT2D eigenvalue weighted by Gasteiger charge is -2.44. The van der Waals surface area contributed by atoms with E-state index >= 15 is 0 Å². The molecule has 0 fully saturated rings. The summed E-state index contributed by atoms with van der Waals surface area (Å²) in [5.74, 6) is 1.91. The number of rotatable bonds is 2. The van der Waals surface area contributed by atoms with Gasteiger partial charge >= 0.3 is 0 Å². The normalized spacial score (nSPS) is 17.2. The number of nitrogens with zero attached hydrogens (tertiary/aromatic N) is 4. The van der Waals surface area contributed by atoms with Gasteiger partial charge in [-0.15, -0.1) is 0 Å². The first-order chi connectivity index (χ1) is 23.1. The van der Waals surface area contributed by atoms with E-state index in [4.69, 9.17) is 9.97 Å². The number of hydrogen-bond acceptors (Lipinski definition) is 4. The van der Waals surface area contributed by atoms with Crippen LogP contribution >= 0.6 is 0 Å². The minimum atomic E-state index is 0.00838. The maximum absolute atomic E-state index is 5.15. The standard InChI is InChI=1S/C44H49BN4/c1-41(2,3)28-15-18-30(19-16-28)48-37-22-17-29(42(4,5)6)25-35(37)45-34-13-11-12-14-36(34)49(40-38(45)39(48)46-27-47-40)31-20-21-32-33(26-31)44(9,10)24-23-43(32,7)8/h11-22,25-27H,23-24H2,1-10H3. The van der Waals surface area contributed by atoms with Gasteiger partial charge in [-0.05, 0) is 104 Å². The van der Waals surface area contributed by atoms with E-state index in [1.54, 1.807) is 6.33 Å². The molecule has 3 heterocycles. The summed E-state index contributed by atoms with van der Waals surface area (Å²) in [5.41, 5.74) is 14.3. The minimum Gasteiger partial charge on any atom is -0.296 e. The Morgan fingerprint density at radius 1 is 0.571 bits per heavy atom. The first kappa shape index (κ1) is 31.9. The molecule has 49 heavy (non-hydrogen) atoms. The molecule has 1 aliphatic carbocycles. The van der Waals surface area contributed by atoms with Crippen LogP contribution < -0.4 is 26.2 Å². The van der Waals surface area contributed by atoms with Crippen LogP contribution in [-0.2, 0) is 21.7 Å². The lowest BCUT2D eigenvalue weighted by atomic mass is 9.34. The van der Waals surface area contributed by atoms with Crippen molar-refractivity contribution in [2.45, 2.75) is 104 Å². The molecule has 0 saturated heterocycles. The molecule has 248 valence electrons. The van der Waals surface area contributed by atoms with Crippen LogP contribution in [0.5, 0.6) is 0 Å². The van der Waals surface area contributed by atoms with Crippen molar-refractivity contribution in [3.63, 3.8) is 0 Å². The van der Waals surface area contributed by atoms with E-state index in [1.165, 1.54) is 57.4 Å². The third kappa shape index (κ3) is 4.95. The lowest BCUT2D eigenvalue weighted by Crippen LogP contribution is -2.62. The average Bonchev–Trinajstić information content (AvgIpc) is 3.05. The van der Waals surface area contributed by atoms with Crippen molar-refractivity contribution >= 4 is 57.5 Å². The molecule has 0 amide bonds. The van der Waals surface area contributed by atoms with Crippen LogP contribution in [0, 0.1) is 0 Å². The van der Waals surface area contributed by atoms with Crippen LogP contribution in [0.2, 0.25) is 0 Å². The van der Waals surface area contributed by atoms with Crippen molar-refractivity contribution in [1.29, 1.82) is 0 Å².